The van der Waals surface area contributed by atoms with Gasteiger partial charge in [-0.3, -0.25) is 4.79 Å². The molecule has 2 aromatic heterocycles. The molecule has 25 heavy (non-hydrogen) atoms. The summed E-state index contributed by atoms with van der Waals surface area (Å²) in [6.07, 6.45) is 4.96. The van der Waals surface area contributed by atoms with Gasteiger partial charge in [-0.1, -0.05) is 13.8 Å². The predicted molar refractivity (Wildman–Crippen MR) is 96.2 cm³/mol. The smallest absolute Gasteiger partial charge is 0.223 e. The molecular weight excluding hydrogens is 318 g/mol. The second-order valence-electron chi connectivity index (χ2n) is 6.87. The SMILES string of the molecule is CCC(N)(CC)CNC(=O)C1CCN(c2ccc3nncn3n2)CC1. The summed E-state index contributed by atoms with van der Waals surface area (Å²) in [6.45, 7) is 6.30. The number of aromatic nitrogens is 4. The van der Waals surface area contributed by atoms with E-state index in [0.717, 1.165) is 50.2 Å². The summed E-state index contributed by atoms with van der Waals surface area (Å²) < 4.78 is 1.67. The standard InChI is InChI=1S/C17H27N7O/c1-3-17(18,4-2)11-19-16(25)13-7-9-23(10-8-13)15-6-5-14-21-20-12-24(14)22-15/h5-6,12-13H,3-4,7-11,18H2,1-2H3,(H,19,25). The Bertz CT molecular complexity index is 717. The minimum Gasteiger partial charge on any atom is -0.355 e. The molecule has 0 aliphatic carbocycles. The molecule has 1 amide bonds. The van der Waals surface area contributed by atoms with Crippen LogP contribution in [0.3, 0.4) is 0 Å². The van der Waals surface area contributed by atoms with Gasteiger partial charge in [0, 0.05) is 31.1 Å². The van der Waals surface area contributed by atoms with Gasteiger partial charge in [0.05, 0.1) is 0 Å². The Kier molecular flexibility index (Phi) is 5.17. The molecule has 8 heteroatoms. The molecule has 0 unspecified atom stereocenters. The molecule has 2 aromatic rings. The third-order valence-corrected chi connectivity index (χ3v) is 5.36. The first-order chi connectivity index (χ1) is 12.0. The van der Waals surface area contributed by atoms with Gasteiger partial charge in [0.1, 0.15) is 12.1 Å². The lowest BCUT2D eigenvalue weighted by Gasteiger charge is -2.33. The number of hydrogen-bond acceptors (Lipinski definition) is 6. The molecule has 3 rings (SSSR count). The average molecular weight is 345 g/mol. The molecule has 0 radical (unpaired) electrons. The molecule has 8 nitrogen and oxygen atoms in total. The Morgan fingerprint density at radius 3 is 2.72 bits per heavy atom. The van der Waals surface area contributed by atoms with Crippen LogP contribution in [0.1, 0.15) is 39.5 Å². The first kappa shape index (κ1) is 17.6. The van der Waals surface area contributed by atoms with E-state index in [9.17, 15) is 4.79 Å². The lowest BCUT2D eigenvalue weighted by Crippen LogP contribution is -2.51. The van der Waals surface area contributed by atoms with Gasteiger partial charge in [0.25, 0.3) is 0 Å². The number of amides is 1. The Morgan fingerprint density at radius 2 is 2.04 bits per heavy atom. The first-order valence-corrected chi connectivity index (χ1v) is 9.03. The number of carbonyl (C=O) groups excluding carboxylic acids is 1. The van der Waals surface area contributed by atoms with Crippen molar-refractivity contribution in [1.29, 1.82) is 0 Å². The predicted octanol–water partition coefficient (Wildman–Crippen LogP) is 0.974. The topological polar surface area (TPSA) is 101 Å². The van der Waals surface area contributed by atoms with Crippen molar-refractivity contribution in [3.8, 4) is 0 Å². The second kappa shape index (κ2) is 7.35. The summed E-state index contributed by atoms with van der Waals surface area (Å²) in [5.74, 6) is 1.07. The Hall–Kier alpha value is -2.22. The van der Waals surface area contributed by atoms with Crippen molar-refractivity contribution in [3.05, 3.63) is 18.5 Å². The fourth-order valence-electron chi connectivity index (χ4n) is 3.17. The molecule has 3 N–H and O–H groups in total. The summed E-state index contributed by atoms with van der Waals surface area (Å²) in [5, 5.41) is 15.4. The number of fused-ring (bicyclic) bond motifs is 1. The van der Waals surface area contributed by atoms with Crippen LogP contribution in [0.2, 0.25) is 0 Å². The Labute approximate surface area is 147 Å². The highest BCUT2D eigenvalue weighted by molar-refractivity contribution is 5.79. The second-order valence-corrected chi connectivity index (χ2v) is 6.87. The summed E-state index contributed by atoms with van der Waals surface area (Å²) >= 11 is 0. The van der Waals surface area contributed by atoms with Crippen molar-refractivity contribution < 1.29 is 4.79 Å². The van der Waals surface area contributed by atoms with E-state index >= 15 is 0 Å². The third kappa shape index (κ3) is 3.89. The molecule has 0 aromatic carbocycles. The highest BCUT2D eigenvalue weighted by Gasteiger charge is 2.28. The maximum atomic E-state index is 12.4. The number of rotatable bonds is 6. The molecule has 1 aliphatic rings. The molecule has 1 aliphatic heterocycles. The number of carbonyl (C=O) groups is 1. The van der Waals surface area contributed by atoms with Gasteiger partial charge in [-0.2, -0.15) is 4.52 Å². The molecule has 136 valence electrons. The minimum atomic E-state index is -0.297. The zero-order chi connectivity index (χ0) is 17.9. The van der Waals surface area contributed by atoms with E-state index in [1.54, 1.807) is 10.8 Å². The van der Waals surface area contributed by atoms with E-state index in [2.05, 4.69) is 39.4 Å². The van der Waals surface area contributed by atoms with Gasteiger partial charge in [-0.25, -0.2) is 0 Å². The van der Waals surface area contributed by atoms with Crippen LogP contribution in [0, 0.1) is 5.92 Å². The number of nitrogens with one attached hydrogen (secondary N) is 1. The third-order valence-electron chi connectivity index (χ3n) is 5.36. The van der Waals surface area contributed by atoms with E-state index in [0.29, 0.717) is 6.54 Å². The highest BCUT2D eigenvalue weighted by atomic mass is 16.1. The van der Waals surface area contributed by atoms with E-state index in [1.807, 2.05) is 12.1 Å². The summed E-state index contributed by atoms with van der Waals surface area (Å²) in [5.41, 5.74) is 6.70. The van der Waals surface area contributed by atoms with Crippen LogP contribution < -0.4 is 16.0 Å². The highest BCUT2D eigenvalue weighted by Crippen LogP contribution is 2.22. The first-order valence-electron chi connectivity index (χ1n) is 9.03. The van der Waals surface area contributed by atoms with Gasteiger partial charge in [-0.05, 0) is 37.8 Å². The minimum absolute atomic E-state index is 0.0489. The zero-order valence-corrected chi connectivity index (χ0v) is 15.0. The van der Waals surface area contributed by atoms with E-state index in [1.165, 1.54) is 0 Å². The van der Waals surface area contributed by atoms with Crippen molar-refractivity contribution >= 4 is 17.4 Å². The summed E-state index contributed by atoms with van der Waals surface area (Å²) in [7, 11) is 0. The van der Waals surface area contributed by atoms with Gasteiger partial charge in [0.15, 0.2) is 5.65 Å². The van der Waals surface area contributed by atoms with Crippen molar-refractivity contribution in [3.63, 3.8) is 0 Å². The van der Waals surface area contributed by atoms with Gasteiger partial charge in [-0.15, -0.1) is 15.3 Å². The largest absolute Gasteiger partial charge is 0.355 e. The van der Waals surface area contributed by atoms with Crippen LogP contribution >= 0.6 is 0 Å². The Balaban J connectivity index is 1.53. The lowest BCUT2D eigenvalue weighted by molar-refractivity contribution is -0.125. The number of nitrogens with zero attached hydrogens (tertiary/aromatic N) is 5. The van der Waals surface area contributed by atoms with Crippen LogP contribution in [-0.4, -0.2) is 50.9 Å². The fourth-order valence-corrected chi connectivity index (χ4v) is 3.17. The molecule has 0 saturated carbocycles. The van der Waals surface area contributed by atoms with Crippen LogP contribution in [0.4, 0.5) is 5.82 Å². The van der Waals surface area contributed by atoms with Crippen LogP contribution in [-0.2, 0) is 4.79 Å². The molecule has 1 saturated heterocycles. The van der Waals surface area contributed by atoms with E-state index in [-0.39, 0.29) is 17.4 Å². The van der Waals surface area contributed by atoms with Crippen molar-refractivity contribution in [2.45, 2.75) is 45.1 Å². The maximum absolute atomic E-state index is 12.4. The van der Waals surface area contributed by atoms with E-state index in [4.69, 9.17) is 5.73 Å². The van der Waals surface area contributed by atoms with Crippen LogP contribution in [0.5, 0.6) is 0 Å². The maximum Gasteiger partial charge on any atom is 0.223 e. The van der Waals surface area contributed by atoms with Crippen molar-refractivity contribution in [2.24, 2.45) is 11.7 Å². The van der Waals surface area contributed by atoms with Crippen molar-refractivity contribution in [1.82, 2.24) is 25.1 Å². The average Bonchev–Trinajstić information content (AvgIpc) is 3.13. The van der Waals surface area contributed by atoms with Gasteiger partial charge in [0.2, 0.25) is 5.91 Å². The Morgan fingerprint density at radius 1 is 1.32 bits per heavy atom. The molecule has 1 fully saturated rings. The number of piperidine rings is 1. The fraction of sp³-hybridized carbons (Fsp3) is 0.647. The quantitative estimate of drug-likeness (QED) is 0.809. The van der Waals surface area contributed by atoms with Crippen LogP contribution in [0.25, 0.3) is 5.65 Å². The lowest BCUT2D eigenvalue weighted by atomic mass is 9.92. The van der Waals surface area contributed by atoms with E-state index < -0.39 is 0 Å². The number of hydrogen-bond donors (Lipinski definition) is 2. The van der Waals surface area contributed by atoms with Crippen molar-refractivity contribution in [2.75, 3.05) is 24.5 Å². The molecule has 0 atom stereocenters. The summed E-state index contributed by atoms with van der Waals surface area (Å²) in [6, 6.07) is 3.86. The molecular formula is C17H27N7O. The van der Waals surface area contributed by atoms with Gasteiger partial charge >= 0.3 is 0 Å². The van der Waals surface area contributed by atoms with Gasteiger partial charge < -0.3 is 16.0 Å². The number of anilines is 1. The molecule has 0 spiro atoms. The van der Waals surface area contributed by atoms with Crippen LogP contribution in [0.15, 0.2) is 18.5 Å². The summed E-state index contributed by atoms with van der Waals surface area (Å²) in [4.78, 5) is 14.6. The molecule has 0 bridgehead atoms. The molecule has 3 heterocycles. The number of nitrogens with two attached hydrogens (primary N) is 1. The zero-order valence-electron chi connectivity index (χ0n) is 15.0. The monoisotopic (exact) mass is 345 g/mol. The normalized spacial score (nSPS) is 16.4.